The minimum absolute atomic E-state index is 0.258. The first kappa shape index (κ1) is 22.3. The minimum Gasteiger partial charge on any atom is -0.492 e. The van der Waals surface area contributed by atoms with Crippen molar-refractivity contribution < 1.29 is 28.8 Å². The second-order valence-electron chi connectivity index (χ2n) is 6.84. The van der Waals surface area contributed by atoms with Crippen LogP contribution in [0.15, 0.2) is 60.7 Å². The summed E-state index contributed by atoms with van der Waals surface area (Å²) in [5, 5.41) is 11.0. The van der Waals surface area contributed by atoms with Gasteiger partial charge in [-0.05, 0) is 11.1 Å². The van der Waals surface area contributed by atoms with E-state index in [0.717, 1.165) is 11.1 Å². The van der Waals surface area contributed by atoms with Crippen LogP contribution in [0.2, 0.25) is 0 Å². The largest absolute Gasteiger partial charge is 0.492 e. The molecule has 0 atom stereocenters. The SMILES string of the molecule is COc1c(OC)c(OC)c(C(CO)(c2ccccc2)c2ccccc2)c(OC)c1OC. The summed E-state index contributed by atoms with van der Waals surface area (Å²) in [7, 11) is 7.67. The monoisotopic (exact) mass is 424 g/mol. The molecule has 3 rings (SSSR count). The lowest BCUT2D eigenvalue weighted by Gasteiger charge is -2.37. The van der Waals surface area contributed by atoms with Gasteiger partial charge in [0.2, 0.25) is 17.2 Å². The zero-order valence-corrected chi connectivity index (χ0v) is 18.5. The molecule has 0 aliphatic heterocycles. The molecule has 1 N–H and O–H groups in total. The van der Waals surface area contributed by atoms with Gasteiger partial charge in [-0.1, -0.05) is 60.7 Å². The van der Waals surface area contributed by atoms with Gasteiger partial charge in [-0.25, -0.2) is 0 Å². The summed E-state index contributed by atoms with van der Waals surface area (Å²) in [6.07, 6.45) is 0. The number of benzene rings is 3. The highest BCUT2D eigenvalue weighted by Crippen LogP contribution is 2.59. The van der Waals surface area contributed by atoms with Gasteiger partial charge in [-0.15, -0.1) is 0 Å². The van der Waals surface area contributed by atoms with Crippen LogP contribution in [0.3, 0.4) is 0 Å². The van der Waals surface area contributed by atoms with E-state index in [2.05, 4.69) is 0 Å². The van der Waals surface area contributed by atoms with Gasteiger partial charge in [0.15, 0.2) is 11.5 Å². The summed E-state index contributed by atoms with van der Waals surface area (Å²) in [6, 6.07) is 19.4. The molecule has 3 aromatic rings. The second kappa shape index (κ2) is 9.62. The van der Waals surface area contributed by atoms with Crippen molar-refractivity contribution in [2.45, 2.75) is 5.41 Å². The Hall–Kier alpha value is -3.38. The normalized spacial score (nSPS) is 11.0. The first-order valence-corrected chi connectivity index (χ1v) is 9.80. The van der Waals surface area contributed by atoms with E-state index >= 15 is 0 Å². The zero-order valence-electron chi connectivity index (χ0n) is 18.5. The first-order valence-electron chi connectivity index (χ1n) is 9.80. The molecule has 6 heteroatoms. The fourth-order valence-electron chi connectivity index (χ4n) is 4.14. The predicted molar refractivity (Wildman–Crippen MR) is 119 cm³/mol. The molecule has 0 radical (unpaired) electrons. The molecule has 0 spiro atoms. The number of hydrogen-bond donors (Lipinski definition) is 1. The fraction of sp³-hybridized carbons (Fsp3) is 0.280. The molecule has 3 aromatic carbocycles. The van der Waals surface area contributed by atoms with Crippen LogP contribution >= 0.6 is 0 Å². The molecular weight excluding hydrogens is 396 g/mol. The third-order valence-corrected chi connectivity index (χ3v) is 5.50. The van der Waals surface area contributed by atoms with Crippen LogP contribution in [-0.2, 0) is 5.41 Å². The third-order valence-electron chi connectivity index (χ3n) is 5.50. The summed E-state index contributed by atoms with van der Waals surface area (Å²) < 4.78 is 28.7. The molecule has 0 amide bonds. The minimum atomic E-state index is -1.04. The van der Waals surface area contributed by atoms with Crippen molar-refractivity contribution >= 4 is 0 Å². The Bertz CT molecular complexity index is 929. The Balaban J connectivity index is 2.59. The van der Waals surface area contributed by atoms with Crippen molar-refractivity contribution in [2.24, 2.45) is 0 Å². The molecule has 0 unspecified atom stereocenters. The van der Waals surface area contributed by atoms with Crippen LogP contribution in [0, 0.1) is 0 Å². The van der Waals surface area contributed by atoms with Crippen LogP contribution in [0.5, 0.6) is 28.7 Å². The van der Waals surface area contributed by atoms with Crippen molar-refractivity contribution in [3.63, 3.8) is 0 Å². The van der Waals surface area contributed by atoms with Crippen molar-refractivity contribution in [1.82, 2.24) is 0 Å². The number of aliphatic hydroxyl groups is 1. The average Bonchev–Trinajstić information content (AvgIpc) is 2.84. The van der Waals surface area contributed by atoms with Gasteiger partial charge in [-0.2, -0.15) is 0 Å². The number of rotatable bonds is 9. The Kier molecular flexibility index (Phi) is 6.92. The Morgan fingerprint density at radius 3 is 1.16 bits per heavy atom. The highest BCUT2D eigenvalue weighted by molar-refractivity contribution is 5.75. The number of hydrogen-bond acceptors (Lipinski definition) is 6. The topological polar surface area (TPSA) is 66.4 Å². The van der Waals surface area contributed by atoms with E-state index in [1.807, 2.05) is 60.7 Å². The van der Waals surface area contributed by atoms with Gasteiger partial charge in [-0.3, -0.25) is 0 Å². The van der Waals surface area contributed by atoms with Gasteiger partial charge >= 0.3 is 0 Å². The summed E-state index contributed by atoms with van der Waals surface area (Å²) in [4.78, 5) is 0. The molecule has 164 valence electrons. The molecule has 0 aliphatic carbocycles. The molecule has 0 heterocycles. The molecule has 0 saturated carbocycles. The Labute approximate surface area is 182 Å². The molecule has 31 heavy (non-hydrogen) atoms. The van der Waals surface area contributed by atoms with Crippen molar-refractivity contribution in [3.8, 4) is 28.7 Å². The van der Waals surface area contributed by atoms with E-state index in [4.69, 9.17) is 23.7 Å². The highest BCUT2D eigenvalue weighted by Gasteiger charge is 2.44. The summed E-state index contributed by atoms with van der Waals surface area (Å²) in [5.74, 6) is 1.82. The van der Waals surface area contributed by atoms with Crippen LogP contribution in [0.25, 0.3) is 0 Å². The maximum Gasteiger partial charge on any atom is 0.211 e. The molecular formula is C25H28O6. The van der Waals surface area contributed by atoms with Crippen molar-refractivity contribution in [3.05, 3.63) is 77.4 Å². The number of aliphatic hydroxyl groups excluding tert-OH is 1. The Morgan fingerprint density at radius 2 is 0.871 bits per heavy atom. The molecule has 0 fully saturated rings. The quantitative estimate of drug-likeness (QED) is 0.523. The molecule has 0 aromatic heterocycles. The lowest BCUT2D eigenvalue weighted by molar-refractivity contribution is 0.229. The van der Waals surface area contributed by atoms with E-state index in [-0.39, 0.29) is 6.61 Å². The number of methoxy groups -OCH3 is 5. The molecule has 0 aliphatic rings. The van der Waals surface area contributed by atoms with Gasteiger partial charge in [0.25, 0.3) is 0 Å². The number of ether oxygens (including phenoxy) is 5. The van der Waals surface area contributed by atoms with Gasteiger partial charge < -0.3 is 28.8 Å². The van der Waals surface area contributed by atoms with Crippen LogP contribution < -0.4 is 23.7 Å². The van der Waals surface area contributed by atoms with Gasteiger partial charge in [0.05, 0.1) is 53.1 Å². The smallest absolute Gasteiger partial charge is 0.211 e. The van der Waals surface area contributed by atoms with Crippen LogP contribution in [0.1, 0.15) is 16.7 Å². The van der Waals surface area contributed by atoms with E-state index < -0.39 is 5.41 Å². The van der Waals surface area contributed by atoms with E-state index in [1.54, 1.807) is 14.2 Å². The maximum atomic E-state index is 11.0. The van der Waals surface area contributed by atoms with Gasteiger partial charge in [0, 0.05) is 0 Å². The fourth-order valence-corrected chi connectivity index (χ4v) is 4.14. The predicted octanol–water partition coefficient (Wildman–Crippen LogP) is 4.06. The molecule has 6 nitrogen and oxygen atoms in total. The second-order valence-corrected chi connectivity index (χ2v) is 6.84. The zero-order chi connectivity index (χ0) is 22.4. The average molecular weight is 424 g/mol. The first-order chi connectivity index (χ1) is 15.1. The van der Waals surface area contributed by atoms with E-state index in [9.17, 15) is 5.11 Å². The standard InChI is InChI=1S/C25H28O6/c1-27-20-19(21(28-2)23(30-4)24(31-5)22(20)29-3)25(16-26,17-12-8-6-9-13-17)18-14-10-7-11-15-18/h6-15,26H,16H2,1-5H3. The van der Waals surface area contributed by atoms with Crippen molar-refractivity contribution in [2.75, 3.05) is 42.2 Å². The van der Waals surface area contributed by atoms with Crippen LogP contribution in [-0.4, -0.2) is 47.3 Å². The van der Waals surface area contributed by atoms with Crippen molar-refractivity contribution in [1.29, 1.82) is 0 Å². The molecule has 0 saturated heterocycles. The lowest BCUT2D eigenvalue weighted by Crippen LogP contribution is -2.35. The summed E-state index contributed by atoms with van der Waals surface area (Å²) in [5.41, 5.74) is 1.25. The maximum absolute atomic E-state index is 11.0. The third kappa shape index (κ3) is 3.53. The van der Waals surface area contributed by atoms with Crippen LogP contribution in [0.4, 0.5) is 0 Å². The summed E-state index contributed by atoms with van der Waals surface area (Å²) in [6.45, 7) is -0.258. The van der Waals surface area contributed by atoms with Gasteiger partial charge in [0.1, 0.15) is 0 Å². The lowest BCUT2D eigenvalue weighted by atomic mass is 9.69. The molecule has 0 bridgehead atoms. The highest BCUT2D eigenvalue weighted by atomic mass is 16.6. The summed E-state index contributed by atoms with van der Waals surface area (Å²) >= 11 is 0. The van der Waals surface area contributed by atoms with E-state index in [0.29, 0.717) is 34.3 Å². The van der Waals surface area contributed by atoms with E-state index in [1.165, 1.54) is 21.3 Å². The Morgan fingerprint density at radius 1 is 0.548 bits per heavy atom.